The summed E-state index contributed by atoms with van der Waals surface area (Å²) in [6, 6.07) is 17.9. The Bertz CT molecular complexity index is 1350. The first-order chi connectivity index (χ1) is 16.7. The van der Waals surface area contributed by atoms with Crippen LogP contribution in [-0.4, -0.2) is 21.3 Å². The highest BCUT2D eigenvalue weighted by molar-refractivity contribution is 7.90. The first-order valence-electron chi connectivity index (χ1n) is 11.1. The molecule has 0 spiro atoms. The summed E-state index contributed by atoms with van der Waals surface area (Å²) in [7, 11) is 0. The van der Waals surface area contributed by atoms with E-state index in [1.165, 1.54) is 6.07 Å². The molecule has 3 aromatic carbocycles. The van der Waals surface area contributed by atoms with Gasteiger partial charge < -0.3 is 9.29 Å². The van der Waals surface area contributed by atoms with Crippen molar-refractivity contribution in [1.82, 2.24) is 9.55 Å². The molecule has 0 aliphatic carbocycles. The normalized spacial score (nSPS) is 11.6. The topological polar surface area (TPSA) is 56.5 Å². The van der Waals surface area contributed by atoms with Gasteiger partial charge in [-0.1, -0.05) is 41.9 Å². The maximum Gasteiger partial charge on any atom is 0.225 e. The second-order valence-electron chi connectivity index (χ2n) is 8.54. The lowest BCUT2D eigenvalue weighted by molar-refractivity contribution is 0.0743. The maximum absolute atomic E-state index is 15.6. The Morgan fingerprint density at radius 1 is 1.09 bits per heavy atom. The number of nitrogens with zero attached hydrogens (tertiary/aromatic N) is 2. The van der Waals surface area contributed by atoms with Crippen molar-refractivity contribution < 1.29 is 17.9 Å². The van der Waals surface area contributed by atoms with Gasteiger partial charge in [0, 0.05) is 16.8 Å². The second-order valence-corrected chi connectivity index (χ2v) is 9.49. The Hall–Kier alpha value is -2.84. The highest BCUT2D eigenvalue weighted by Crippen LogP contribution is 2.34. The Kier molecular flexibility index (Phi) is 7.52. The lowest BCUT2D eigenvalue weighted by Gasteiger charge is -2.13. The van der Waals surface area contributed by atoms with E-state index in [9.17, 15) is 5.11 Å². The highest BCUT2D eigenvalue weighted by Gasteiger charge is 2.25. The van der Waals surface area contributed by atoms with E-state index >= 15 is 4.39 Å². The van der Waals surface area contributed by atoms with Gasteiger partial charge in [0.2, 0.25) is 12.3 Å². The summed E-state index contributed by atoms with van der Waals surface area (Å²) in [4.78, 5) is 4.66. The Morgan fingerprint density at radius 3 is 2.54 bits per heavy atom. The van der Waals surface area contributed by atoms with Gasteiger partial charge in [-0.2, -0.15) is 0 Å². The van der Waals surface area contributed by atoms with Crippen LogP contribution in [0.15, 0.2) is 66.9 Å². The molecular weight excluding hydrogens is 487 g/mol. The Morgan fingerprint density at radius 2 is 1.83 bits per heavy atom. The van der Waals surface area contributed by atoms with Crippen LogP contribution < -0.4 is 4.18 Å². The minimum Gasteiger partial charge on any atom is -0.400 e. The van der Waals surface area contributed by atoms with E-state index < -0.39 is 11.4 Å². The fourth-order valence-electron chi connectivity index (χ4n) is 3.62. The summed E-state index contributed by atoms with van der Waals surface area (Å²) >= 11 is 7.26. The van der Waals surface area contributed by atoms with Crippen LogP contribution in [0.3, 0.4) is 0 Å². The first-order valence-corrected chi connectivity index (χ1v) is 12.2. The van der Waals surface area contributed by atoms with Crippen LogP contribution in [0.5, 0.6) is 5.75 Å². The zero-order valence-electron chi connectivity index (χ0n) is 19.9. The molecule has 0 aliphatic rings. The summed E-state index contributed by atoms with van der Waals surface area (Å²) < 4.78 is 27.9. The third kappa shape index (κ3) is 5.54. The first kappa shape index (κ1) is 25.3. The van der Waals surface area contributed by atoms with Gasteiger partial charge in [-0.05, 0) is 74.7 Å². The molecule has 1 aromatic heterocycles. The lowest BCUT2D eigenvalue weighted by atomic mass is 10.0. The SMILES string of the molecule is CCOSOc1cccc(-c2ccc(-n3cc(C(C)(C)O)nc3-c3cccc(Cl)c3C)c(F)c2)c1. The van der Waals surface area contributed by atoms with Crippen LogP contribution in [-0.2, 0) is 9.78 Å². The van der Waals surface area contributed by atoms with Crippen molar-refractivity contribution in [2.75, 3.05) is 6.61 Å². The average Bonchev–Trinajstić information content (AvgIpc) is 3.27. The summed E-state index contributed by atoms with van der Waals surface area (Å²) in [5.41, 5.74) is 2.61. The van der Waals surface area contributed by atoms with E-state index in [1.807, 2.05) is 56.3 Å². The summed E-state index contributed by atoms with van der Waals surface area (Å²) in [6.07, 6.45) is 1.66. The lowest BCUT2D eigenvalue weighted by Crippen LogP contribution is -2.15. The monoisotopic (exact) mass is 512 g/mol. The van der Waals surface area contributed by atoms with Gasteiger partial charge in [0.15, 0.2) is 0 Å². The van der Waals surface area contributed by atoms with Crippen LogP contribution in [0.2, 0.25) is 5.02 Å². The number of aliphatic hydroxyl groups is 1. The van der Waals surface area contributed by atoms with Gasteiger partial charge in [0.1, 0.15) is 23.0 Å². The molecule has 1 heterocycles. The molecule has 0 saturated carbocycles. The van der Waals surface area contributed by atoms with E-state index in [2.05, 4.69) is 4.98 Å². The molecule has 0 amide bonds. The molecule has 4 aromatic rings. The number of hydrogen-bond acceptors (Lipinski definition) is 5. The fourth-order valence-corrected chi connectivity index (χ4v) is 4.12. The van der Waals surface area contributed by atoms with E-state index in [-0.39, 0.29) is 0 Å². The zero-order chi connectivity index (χ0) is 25.2. The van der Waals surface area contributed by atoms with Crippen molar-refractivity contribution in [1.29, 1.82) is 0 Å². The smallest absolute Gasteiger partial charge is 0.225 e. The number of aromatic nitrogens is 2. The van der Waals surface area contributed by atoms with Crippen LogP contribution in [0, 0.1) is 12.7 Å². The zero-order valence-corrected chi connectivity index (χ0v) is 21.5. The molecule has 8 heteroatoms. The third-order valence-corrected chi connectivity index (χ3v) is 6.51. The van der Waals surface area contributed by atoms with Crippen LogP contribution in [0.4, 0.5) is 4.39 Å². The largest absolute Gasteiger partial charge is 0.400 e. The molecule has 182 valence electrons. The van der Waals surface area contributed by atoms with E-state index in [4.69, 9.17) is 20.0 Å². The summed E-state index contributed by atoms with van der Waals surface area (Å²) in [5, 5.41) is 11.2. The average molecular weight is 513 g/mol. The predicted octanol–water partition coefficient (Wildman–Crippen LogP) is 7.51. The Balaban J connectivity index is 1.77. The van der Waals surface area contributed by atoms with Gasteiger partial charge >= 0.3 is 0 Å². The summed E-state index contributed by atoms with van der Waals surface area (Å²) in [5.74, 6) is 0.670. The van der Waals surface area contributed by atoms with Crippen LogP contribution >= 0.6 is 23.9 Å². The van der Waals surface area contributed by atoms with Gasteiger partial charge in [0.25, 0.3) is 0 Å². The molecule has 0 bridgehead atoms. The Labute approximate surface area is 213 Å². The number of imidazole rings is 1. The minimum absolute atomic E-state index is 0.311. The molecule has 0 aliphatic heterocycles. The predicted molar refractivity (Wildman–Crippen MR) is 139 cm³/mol. The minimum atomic E-state index is -1.21. The fraction of sp³-hybridized carbons (Fsp3) is 0.222. The van der Waals surface area contributed by atoms with Crippen molar-refractivity contribution in [3.8, 4) is 34.0 Å². The molecule has 0 radical (unpaired) electrons. The number of benzene rings is 3. The number of halogens is 2. The second kappa shape index (κ2) is 10.4. The maximum atomic E-state index is 15.6. The van der Waals surface area contributed by atoms with Crippen molar-refractivity contribution >= 4 is 23.9 Å². The number of rotatable bonds is 8. The van der Waals surface area contributed by atoms with E-state index in [0.29, 0.717) is 40.1 Å². The highest BCUT2D eigenvalue weighted by atomic mass is 35.5. The standard InChI is InChI=1S/C27H26ClFN2O3S/c1-5-33-35-34-20-9-6-8-18(14-20)19-12-13-24(23(29)15-19)31-16-25(27(3,4)32)30-26(31)21-10-7-11-22(28)17(21)2/h6-16,32H,5H2,1-4H3. The molecule has 35 heavy (non-hydrogen) atoms. The van der Waals surface area contributed by atoms with Crippen molar-refractivity contribution in [2.24, 2.45) is 0 Å². The quantitative estimate of drug-likeness (QED) is 0.195. The molecule has 5 nitrogen and oxygen atoms in total. The summed E-state index contributed by atoms with van der Waals surface area (Å²) in [6.45, 7) is 7.58. The molecule has 1 N–H and O–H groups in total. The third-order valence-electron chi connectivity index (χ3n) is 5.51. The van der Waals surface area contributed by atoms with Gasteiger partial charge in [0.05, 0.1) is 18.0 Å². The number of hydrogen-bond donors (Lipinski definition) is 1. The van der Waals surface area contributed by atoms with E-state index in [0.717, 1.165) is 29.0 Å². The van der Waals surface area contributed by atoms with Crippen molar-refractivity contribution in [3.63, 3.8) is 0 Å². The van der Waals surface area contributed by atoms with Crippen LogP contribution in [0.25, 0.3) is 28.2 Å². The van der Waals surface area contributed by atoms with E-state index in [1.54, 1.807) is 36.7 Å². The molecule has 0 unspecified atom stereocenters. The molecule has 0 atom stereocenters. The van der Waals surface area contributed by atoms with Gasteiger partial charge in [-0.3, -0.25) is 8.75 Å². The van der Waals surface area contributed by atoms with Gasteiger partial charge in [-0.15, -0.1) is 0 Å². The molecule has 0 fully saturated rings. The molecular formula is C27H26ClFN2O3S. The van der Waals surface area contributed by atoms with Crippen molar-refractivity contribution in [2.45, 2.75) is 33.3 Å². The molecule has 0 saturated heterocycles. The van der Waals surface area contributed by atoms with Crippen LogP contribution in [0.1, 0.15) is 32.0 Å². The van der Waals surface area contributed by atoms with Gasteiger partial charge in [-0.25, -0.2) is 9.37 Å². The van der Waals surface area contributed by atoms with Crippen molar-refractivity contribution in [3.05, 3.63) is 89.0 Å². The molecule has 4 rings (SSSR count).